The molecule has 0 radical (unpaired) electrons. The molecule has 3 aromatic rings. The molecule has 0 spiro atoms. The van der Waals surface area contributed by atoms with Gasteiger partial charge in [0.05, 0.1) is 7.11 Å². The van der Waals surface area contributed by atoms with Gasteiger partial charge in [0.2, 0.25) is 0 Å². The highest BCUT2D eigenvalue weighted by Gasteiger charge is 2.13. The molecular weight excluding hydrogens is 497 g/mol. The first kappa shape index (κ1) is 22.3. The van der Waals surface area contributed by atoms with E-state index < -0.39 is 0 Å². The largest absolute Gasteiger partial charge is 0.493 e. The van der Waals surface area contributed by atoms with Gasteiger partial charge >= 0.3 is 0 Å². The van der Waals surface area contributed by atoms with E-state index in [0.717, 1.165) is 26.2 Å². The highest BCUT2D eigenvalue weighted by molar-refractivity contribution is 9.10. The Morgan fingerprint density at radius 1 is 0.828 bits per heavy atom. The first-order chi connectivity index (χ1) is 14.0. The Bertz CT molecular complexity index is 978. The van der Waals surface area contributed by atoms with Crippen LogP contribution in [0.2, 0.25) is 15.1 Å². The Morgan fingerprint density at radius 3 is 2.17 bits per heavy atom. The van der Waals surface area contributed by atoms with Gasteiger partial charge in [-0.1, -0.05) is 75.0 Å². The molecule has 1 N–H and O–H groups in total. The monoisotopic (exact) mass is 513 g/mol. The summed E-state index contributed by atoms with van der Waals surface area (Å²) in [5, 5.41) is 5.28. The summed E-state index contributed by atoms with van der Waals surface area (Å²) in [6.45, 7) is 1.54. The highest BCUT2D eigenvalue weighted by atomic mass is 79.9. The maximum atomic E-state index is 6.22. The van der Waals surface area contributed by atoms with Crippen LogP contribution >= 0.6 is 50.7 Å². The molecule has 0 aliphatic carbocycles. The van der Waals surface area contributed by atoms with Crippen molar-refractivity contribution in [2.24, 2.45) is 0 Å². The fourth-order valence-corrected chi connectivity index (χ4v) is 3.95. The summed E-state index contributed by atoms with van der Waals surface area (Å²) in [5.41, 5.74) is 2.82. The molecule has 3 aromatic carbocycles. The minimum Gasteiger partial charge on any atom is -0.493 e. The van der Waals surface area contributed by atoms with Gasteiger partial charge in [-0.05, 0) is 41.5 Å². The van der Waals surface area contributed by atoms with Crippen molar-refractivity contribution in [3.63, 3.8) is 0 Å². The molecule has 0 unspecified atom stereocenters. The molecule has 0 amide bonds. The van der Waals surface area contributed by atoms with Crippen molar-refractivity contribution in [2.75, 3.05) is 7.11 Å². The van der Waals surface area contributed by atoms with E-state index in [4.69, 9.17) is 44.3 Å². The van der Waals surface area contributed by atoms with Gasteiger partial charge in [-0.3, -0.25) is 0 Å². The zero-order chi connectivity index (χ0) is 20.8. The van der Waals surface area contributed by atoms with Crippen molar-refractivity contribution < 1.29 is 9.47 Å². The number of hydrogen-bond acceptors (Lipinski definition) is 3. The standard InChI is InChI=1S/C22H19BrCl3NO2/c1-28-21-9-15(12-27-11-14-5-2-3-6-18(14)24)17(23)10-22(21)29-13-16-19(25)7-4-8-20(16)26/h2-10,27H,11-13H2,1H3. The SMILES string of the molecule is COc1cc(CNCc2ccccc2Cl)c(Br)cc1OCc1c(Cl)cccc1Cl. The number of rotatable bonds is 8. The minimum atomic E-state index is 0.241. The number of benzene rings is 3. The molecule has 0 saturated heterocycles. The van der Waals surface area contributed by atoms with Gasteiger partial charge in [-0.2, -0.15) is 0 Å². The first-order valence-corrected chi connectivity index (χ1v) is 10.8. The van der Waals surface area contributed by atoms with Crippen molar-refractivity contribution in [3.05, 3.63) is 90.8 Å². The molecule has 0 aromatic heterocycles. The van der Waals surface area contributed by atoms with Crippen molar-refractivity contribution in [2.45, 2.75) is 19.7 Å². The lowest BCUT2D eigenvalue weighted by Crippen LogP contribution is -2.13. The van der Waals surface area contributed by atoms with E-state index in [1.165, 1.54) is 0 Å². The number of hydrogen-bond donors (Lipinski definition) is 1. The van der Waals surface area contributed by atoms with Crippen LogP contribution in [0.1, 0.15) is 16.7 Å². The lowest BCUT2D eigenvalue weighted by molar-refractivity contribution is 0.284. The summed E-state index contributed by atoms with van der Waals surface area (Å²) in [7, 11) is 1.61. The maximum absolute atomic E-state index is 6.22. The second kappa shape index (κ2) is 10.6. The second-order valence-electron chi connectivity index (χ2n) is 6.28. The van der Waals surface area contributed by atoms with E-state index in [-0.39, 0.29) is 6.61 Å². The highest BCUT2D eigenvalue weighted by Crippen LogP contribution is 2.35. The molecule has 0 bridgehead atoms. The molecule has 0 fully saturated rings. The smallest absolute Gasteiger partial charge is 0.162 e. The van der Waals surface area contributed by atoms with Crippen LogP contribution in [-0.4, -0.2) is 7.11 Å². The van der Waals surface area contributed by atoms with Crippen LogP contribution < -0.4 is 14.8 Å². The zero-order valence-electron chi connectivity index (χ0n) is 15.6. The molecule has 152 valence electrons. The van der Waals surface area contributed by atoms with E-state index in [9.17, 15) is 0 Å². The number of halogens is 4. The number of nitrogens with one attached hydrogen (secondary N) is 1. The van der Waals surface area contributed by atoms with Gasteiger partial charge in [0.15, 0.2) is 11.5 Å². The van der Waals surface area contributed by atoms with Gasteiger partial charge in [0, 0.05) is 38.2 Å². The Kier molecular flexibility index (Phi) is 8.10. The Labute approximate surface area is 194 Å². The normalized spacial score (nSPS) is 10.8. The van der Waals surface area contributed by atoms with Crippen LogP contribution in [0.25, 0.3) is 0 Å². The fourth-order valence-electron chi connectivity index (χ4n) is 2.78. The third kappa shape index (κ3) is 5.80. The lowest BCUT2D eigenvalue weighted by atomic mass is 10.1. The van der Waals surface area contributed by atoms with E-state index in [0.29, 0.717) is 34.6 Å². The predicted octanol–water partition coefficient (Wildman–Crippen LogP) is 7.29. The topological polar surface area (TPSA) is 30.5 Å². The van der Waals surface area contributed by atoms with Gasteiger partial charge in [-0.25, -0.2) is 0 Å². The van der Waals surface area contributed by atoms with E-state index in [1.807, 2.05) is 36.4 Å². The summed E-state index contributed by atoms with van der Waals surface area (Å²) in [5.74, 6) is 1.23. The van der Waals surface area contributed by atoms with Crippen LogP contribution in [-0.2, 0) is 19.7 Å². The molecule has 0 heterocycles. The molecule has 0 atom stereocenters. The van der Waals surface area contributed by atoms with Gasteiger partial charge in [0.1, 0.15) is 6.61 Å². The Hall–Kier alpha value is -1.43. The molecule has 0 saturated carbocycles. The summed E-state index contributed by atoms with van der Waals surface area (Å²) >= 11 is 22.3. The number of ether oxygens (including phenoxy) is 2. The van der Waals surface area contributed by atoms with E-state index in [2.05, 4.69) is 21.2 Å². The molecular formula is C22H19BrCl3NO2. The van der Waals surface area contributed by atoms with Crippen molar-refractivity contribution in [1.29, 1.82) is 0 Å². The Morgan fingerprint density at radius 2 is 1.48 bits per heavy atom. The summed E-state index contributed by atoms with van der Waals surface area (Å²) in [6.07, 6.45) is 0. The molecule has 3 rings (SSSR count). The quantitative estimate of drug-likeness (QED) is 0.342. The average molecular weight is 516 g/mol. The van der Waals surface area contributed by atoms with Crippen molar-refractivity contribution in [1.82, 2.24) is 5.32 Å². The van der Waals surface area contributed by atoms with Crippen LogP contribution in [0, 0.1) is 0 Å². The van der Waals surface area contributed by atoms with Crippen LogP contribution in [0.15, 0.2) is 59.1 Å². The molecule has 0 aliphatic heterocycles. The second-order valence-corrected chi connectivity index (χ2v) is 8.35. The fraction of sp³-hybridized carbons (Fsp3) is 0.182. The molecule has 3 nitrogen and oxygen atoms in total. The van der Waals surface area contributed by atoms with Crippen LogP contribution in [0.5, 0.6) is 11.5 Å². The Balaban J connectivity index is 1.69. The lowest BCUT2D eigenvalue weighted by Gasteiger charge is -2.15. The van der Waals surface area contributed by atoms with Gasteiger partial charge in [-0.15, -0.1) is 0 Å². The van der Waals surface area contributed by atoms with Crippen LogP contribution in [0.3, 0.4) is 0 Å². The average Bonchev–Trinajstić information content (AvgIpc) is 2.70. The summed E-state index contributed by atoms with van der Waals surface area (Å²) < 4.78 is 12.4. The van der Waals surface area contributed by atoms with Gasteiger partial charge in [0.25, 0.3) is 0 Å². The molecule has 7 heteroatoms. The predicted molar refractivity (Wildman–Crippen MR) is 123 cm³/mol. The van der Waals surface area contributed by atoms with E-state index in [1.54, 1.807) is 25.3 Å². The van der Waals surface area contributed by atoms with Crippen molar-refractivity contribution >= 4 is 50.7 Å². The maximum Gasteiger partial charge on any atom is 0.162 e. The number of methoxy groups -OCH3 is 1. The first-order valence-electron chi connectivity index (χ1n) is 8.85. The summed E-state index contributed by atoms with van der Waals surface area (Å²) in [4.78, 5) is 0. The zero-order valence-corrected chi connectivity index (χ0v) is 19.5. The van der Waals surface area contributed by atoms with Crippen LogP contribution in [0.4, 0.5) is 0 Å². The van der Waals surface area contributed by atoms with Gasteiger partial charge < -0.3 is 14.8 Å². The summed E-state index contributed by atoms with van der Waals surface area (Å²) in [6, 6.07) is 17.0. The van der Waals surface area contributed by atoms with Crippen molar-refractivity contribution in [3.8, 4) is 11.5 Å². The van der Waals surface area contributed by atoms with E-state index >= 15 is 0 Å². The minimum absolute atomic E-state index is 0.241. The molecule has 0 aliphatic rings. The molecule has 29 heavy (non-hydrogen) atoms. The third-order valence-corrected chi connectivity index (χ3v) is 6.17. The third-order valence-electron chi connectivity index (χ3n) is 4.36.